The second-order valence-corrected chi connectivity index (χ2v) is 7.67. The van der Waals surface area contributed by atoms with Crippen LogP contribution in [0.3, 0.4) is 0 Å². The highest BCUT2D eigenvalue weighted by molar-refractivity contribution is 6.00. The molecule has 3 rings (SSSR count). The predicted octanol–water partition coefficient (Wildman–Crippen LogP) is 3.16. The maximum Gasteiger partial charge on any atom is 0.227 e. The average molecular weight is 397 g/mol. The van der Waals surface area contributed by atoms with Crippen LogP contribution in [0.2, 0.25) is 0 Å². The van der Waals surface area contributed by atoms with Gasteiger partial charge in [0.25, 0.3) is 0 Å². The first-order valence-electron chi connectivity index (χ1n) is 9.98. The molecule has 1 heterocycles. The van der Waals surface area contributed by atoms with Crippen LogP contribution >= 0.6 is 0 Å². The molecule has 1 aliphatic heterocycles. The summed E-state index contributed by atoms with van der Waals surface area (Å²) >= 11 is 0. The molecule has 1 saturated heterocycles. The second kappa shape index (κ2) is 9.18. The van der Waals surface area contributed by atoms with Crippen molar-refractivity contribution in [1.29, 1.82) is 0 Å². The molecular formula is C23H28FN3O2. The van der Waals surface area contributed by atoms with Gasteiger partial charge in [-0.15, -0.1) is 0 Å². The van der Waals surface area contributed by atoms with Crippen LogP contribution in [0.25, 0.3) is 0 Å². The molecule has 1 fully saturated rings. The number of nitrogens with zero attached hydrogens (tertiary/aromatic N) is 2. The van der Waals surface area contributed by atoms with Gasteiger partial charge in [0.15, 0.2) is 0 Å². The molecule has 1 aliphatic rings. The summed E-state index contributed by atoms with van der Waals surface area (Å²) in [6.07, 6.45) is 1.03. The number of hydrogen-bond acceptors (Lipinski definition) is 3. The van der Waals surface area contributed by atoms with Crippen molar-refractivity contribution in [3.05, 3.63) is 65.5 Å². The maximum absolute atomic E-state index is 13.6. The fourth-order valence-corrected chi connectivity index (χ4v) is 3.84. The average Bonchev–Trinajstić information content (AvgIpc) is 3.09. The van der Waals surface area contributed by atoms with E-state index in [1.54, 1.807) is 11.0 Å². The van der Waals surface area contributed by atoms with Crippen LogP contribution < -0.4 is 10.2 Å². The first kappa shape index (κ1) is 21.0. The molecule has 2 atom stereocenters. The zero-order valence-electron chi connectivity index (χ0n) is 17.2. The summed E-state index contributed by atoms with van der Waals surface area (Å²) in [7, 11) is 3.79. The third kappa shape index (κ3) is 4.82. The number of halogens is 1. The monoisotopic (exact) mass is 397 g/mol. The number of hydrogen-bond donors (Lipinski definition) is 1. The fraction of sp³-hybridized carbons (Fsp3) is 0.391. The van der Waals surface area contributed by atoms with Crippen molar-refractivity contribution in [2.45, 2.75) is 25.8 Å². The van der Waals surface area contributed by atoms with Crippen molar-refractivity contribution in [2.75, 3.05) is 32.1 Å². The Morgan fingerprint density at radius 2 is 2.00 bits per heavy atom. The summed E-state index contributed by atoms with van der Waals surface area (Å²) < 4.78 is 13.6. The van der Waals surface area contributed by atoms with Crippen molar-refractivity contribution in [3.63, 3.8) is 0 Å². The van der Waals surface area contributed by atoms with E-state index in [1.165, 1.54) is 12.1 Å². The molecule has 6 heteroatoms. The highest BCUT2D eigenvalue weighted by Crippen LogP contribution is 2.28. The lowest BCUT2D eigenvalue weighted by atomic mass is 10.0. The van der Waals surface area contributed by atoms with E-state index in [4.69, 9.17) is 0 Å². The van der Waals surface area contributed by atoms with Gasteiger partial charge >= 0.3 is 0 Å². The van der Waals surface area contributed by atoms with E-state index in [0.29, 0.717) is 13.1 Å². The molecule has 154 valence electrons. The quantitative estimate of drug-likeness (QED) is 0.781. The van der Waals surface area contributed by atoms with E-state index >= 15 is 0 Å². The number of para-hydroxylation sites is 1. The normalized spacial score (nSPS) is 17.6. The van der Waals surface area contributed by atoms with Gasteiger partial charge in [-0.25, -0.2) is 4.39 Å². The zero-order chi connectivity index (χ0) is 21.0. The summed E-state index contributed by atoms with van der Waals surface area (Å²) in [6.45, 7) is 2.79. The Kier molecular flexibility index (Phi) is 6.64. The molecule has 0 aliphatic carbocycles. The summed E-state index contributed by atoms with van der Waals surface area (Å²) in [4.78, 5) is 29.0. The molecule has 0 spiro atoms. The van der Waals surface area contributed by atoms with Gasteiger partial charge in [0, 0.05) is 25.2 Å². The second-order valence-electron chi connectivity index (χ2n) is 7.67. The number of amides is 2. The first-order valence-corrected chi connectivity index (χ1v) is 9.98. The number of nitrogens with one attached hydrogen (secondary N) is 1. The Bertz CT molecular complexity index is 884. The van der Waals surface area contributed by atoms with Gasteiger partial charge < -0.3 is 15.1 Å². The number of benzene rings is 2. The molecule has 1 N–H and O–H groups in total. The zero-order valence-corrected chi connectivity index (χ0v) is 17.2. The van der Waals surface area contributed by atoms with Gasteiger partial charge in [-0.05, 0) is 49.8 Å². The Morgan fingerprint density at radius 3 is 2.69 bits per heavy atom. The molecule has 5 nitrogen and oxygen atoms in total. The molecule has 0 bridgehead atoms. The topological polar surface area (TPSA) is 52.7 Å². The van der Waals surface area contributed by atoms with Crippen LogP contribution in [0.4, 0.5) is 10.1 Å². The minimum absolute atomic E-state index is 0.0275. The smallest absolute Gasteiger partial charge is 0.227 e. The molecule has 0 radical (unpaired) electrons. The van der Waals surface area contributed by atoms with Crippen LogP contribution in [0.15, 0.2) is 48.5 Å². The van der Waals surface area contributed by atoms with Crippen LogP contribution in [-0.4, -0.2) is 43.9 Å². The molecule has 2 aromatic carbocycles. The van der Waals surface area contributed by atoms with Crippen molar-refractivity contribution < 1.29 is 14.0 Å². The number of carbonyl (C=O) groups is 2. The Hall–Kier alpha value is -2.73. The van der Waals surface area contributed by atoms with E-state index in [0.717, 1.165) is 23.2 Å². The van der Waals surface area contributed by atoms with E-state index in [2.05, 4.69) is 12.2 Å². The summed E-state index contributed by atoms with van der Waals surface area (Å²) in [5.41, 5.74) is 2.79. The van der Waals surface area contributed by atoms with Crippen LogP contribution in [-0.2, 0) is 16.0 Å². The molecule has 2 aromatic rings. The molecule has 2 amide bonds. The first-order chi connectivity index (χ1) is 13.9. The highest BCUT2D eigenvalue weighted by atomic mass is 19.1. The number of carbonyl (C=O) groups excluding carboxylic acids is 2. The lowest BCUT2D eigenvalue weighted by molar-refractivity contribution is -0.126. The van der Waals surface area contributed by atoms with Gasteiger partial charge in [-0.3, -0.25) is 9.59 Å². The van der Waals surface area contributed by atoms with E-state index in [-0.39, 0.29) is 36.0 Å². The highest BCUT2D eigenvalue weighted by Gasteiger charge is 2.36. The number of likely N-dealkylation sites (N-methyl/N-ethyl adjacent to an activating group) is 1. The van der Waals surface area contributed by atoms with Crippen LogP contribution in [0, 0.1) is 11.7 Å². The molecule has 29 heavy (non-hydrogen) atoms. The minimum Gasteiger partial charge on any atom is -0.354 e. The Labute approximate surface area is 171 Å². The van der Waals surface area contributed by atoms with Crippen molar-refractivity contribution in [1.82, 2.24) is 10.2 Å². The Balaban J connectivity index is 1.66. The number of rotatable bonds is 7. The van der Waals surface area contributed by atoms with E-state index in [9.17, 15) is 14.0 Å². The van der Waals surface area contributed by atoms with E-state index in [1.807, 2.05) is 49.3 Å². The largest absolute Gasteiger partial charge is 0.354 e. The third-order valence-corrected chi connectivity index (χ3v) is 5.49. The van der Waals surface area contributed by atoms with Gasteiger partial charge in [0.1, 0.15) is 5.82 Å². The van der Waals surface area contributed by atoms with E-state index < -0.39 is 0 Å². The SMILES string of the molecule is CCc1ccccc1N1CC(C(=O)NCC(c2cccc(F)c2)N(C)C)CC1=O. The van der Waals surface area contributed by atoms with Gasteiger partial charge in [0.2, 0.25) is 11.8 Å². The third-order valence-electron chi connectivity index (χ3n) is 5.49. The Morgan fingerprint density at radius 1 is 1.24 bits per heavy atom. The standard InChI is InChI=1S/C23H28FN3O2/c1-4-16-8-5-6-11-20(16)27-15-18(13-22(27)28)23(29)25-14-21(26(2)3)17-9-7-10-19(24)12-17/h5-12,18,21H,4,13-15H2,1-3H3,(H,25,29). The van der Waals surface area contributed by atoms with Crippen LogP contribution in [0.5, 0.6) is 0 Å². The van der Waals surface area contributed by atoms with Gasteiger partial charge in [-0.1, -0.05) is 37.3 Å². The van der Waals surface area contributed by atoms with Crippen LogP contribution in [0.1, 0.15) is 30.5 Å². The van der Waals surface area contributed by atoms with Crippen molar-refractivity contribution >= 4 is 17.5 Å². The maximum atomic E-state index is 13.6. The molecule has 2 unspecified atom stereocenters. The van der Waals surface area contributed by atoms with Crippen molar-refractivity contribution in [3.8, 4) is 0 Å². The fourth-order valence-electron chi connectivity index (χ4n) is 3.84. The number of aryl methyl sites for hydroxylation is 1. The summed E-state index contributed by atoms with van der Waals surface area (Å²) in [5, 5.41) is 2.96. The predicted molar refractivity (Wildman–Crippen MR) is 112 cm³/mol. The minimum atomic E-state index is -0.386. The number of anilines is 1. The lowest BCUT2D eigenvalue weighted by Gasteiger charge is -2.26. The molecule has 0 aromatic heterocycles. The van der Waals surface area contributed by atoms with Gasteiger partial charge in [0.05, 0.1) is 12.0 Å². The van der Waals surface area contributed by atoms with Gasteiger partial charge in [-0.2, -0.15) is 0 Å². The summed E-state index contributed by atoms with van der Waals surface area (Å²) in [5.74, 6) is -0.853. The lowest BCUT2D eigenvalue weighted by Crippen LogP contribution is -2.38. The molecule has 0 saturated carbocycles. The van der Waals surface area contributed by atoms with Crippen molar-refractivity contribution in [2.24, 2.45) is 5.92 Å². The summed E-state index contributed by atoms with van der Waals surface area (Å²) in [6, 6.07) is 14.1. The molecular weight excluding hydrogens is 369 g/mol.